The number of Topliss-reactive ketones (excluding diaryl/α,β-unsaturated/α-hetero) is 1. The topological polar surface area (TPSA) is 144 Å². The van der Waals surface area contributed by atoms with Crippen LogP contribution in [0.5, 0.6) is 5.75 Å². The molecule has 0 bridgehead atoms. The summed E-state index contributed by atoms with van der Waals surface area (Å²) < 4.78 is 17.3. The summed E-state index contributed by atoms with van der Waals surface area (Å²) in [6.07, 6.45) is 2.43. The molecule has 0 saturated carbocycles. The lowest BCUT2D eigenvalue weighted by atomic mass is 9.84. The van der Waals surface area contributed by atoms with Gasteiger partial charge < -0.3 is 24.1 Å². The van der Waals surface area contributed by atoms with E-state index in [1.54, 1.807) is 13.0 Å². The number of rotatable bonds is 5. The molecule has 1 saturated heterocycles. The van der Waals surface area contributed by atoms with Crippen molar-refractivity contribution < 1.29 is 38.5 Å². The number of fused-ring (bicyclic) bond motifs is 4. The second-order valence-electron chi connectivity index (χ2n) is 9.30. The van der Waals surface area contributed by atoms with E-state index >= 15 is 0 Å². The van der Waals surface area contributed by atoms with Gasteiger partial charge in [0.15, 0.2) is 16.8 Å². The molecule has 3 aromatic rings. The molecular weight excluding hydrogens is 468 g/mol. The number of carboxylic acid groups (broad SMARTS) is 1. The molecule has 5 rings (SSSR count). The van der Waals surface area contributed by atoms with Crippen LogP contribution in [0.25, 0.3) is 21.7 Å². The minimum Gasteiger partial charge on any atom is -0.506 e. The van der Waals surface area contributed by atoms with Crippen LogP contribution in [0.15, 0.2) is 39.6 Å². The van der Waals surface area contributed by atoms with Crippen LogP contribution in [0.1, 0.15) is 67.0 Å². The molecule has 1 aliphatic heterocycles. The minimum atomic E-state index is -1.15. The number of aliphatic carboxylic acids is 1. The number of ether oxygens (including phenoxy) is 2. The van der Waals surface area contributed by atoms with Crippen molar-refractivity contribution in [3.05, 3.63) is 63.0 Å². The fourth-order valence-corrected chi connectivity index (χ4v) is 5.08. The number of hydrogen-bond acceptors (Lipinski definition) is 8. The van der Waals surface area contributed by atoms with E-state index in [4.69, 9.17) is 13.9 Å². The van der Waals surface area contributed by atoms with Gasteiger partial charge in [-0.15, -0.1) is 0 Å². The zero-order valence-electron chi connectivity index (χ0n) is 19.9. The minimum absolute atomic E-state index is 0.000938. The molecule has 0 spiro atoms. The van der Waals surface area contributed by atoms with Crippen LogP contribution in [0.3, 0.4) is 0 Å². The molecular formula is C27H24O9. The van der Waals surface area contributed by atoms with Crippen molar-refractivity contribution in [2.75, 3.05) is 0 Å². The van der Waals surface area contributed by atoms with Crippen molar-refractivity contribution in [2.45, 2.75) is 57.8 Å². The fourth-order valence-electron chi connectivity index (χ4n) is 5.08. The summed E-state index contributed by atoms with van der Waals surface area (Å²) in [5, 5.41) is 21.3. The Bertz CT molecular complexity index is 1560. The predicted octanol–water partition coefficient (Wildman–Crippen LogP) is 4.05. The Balaban J connectivity index is 1.86. The summed E-state index contributed by atoms with van der Waals surface area (Å²) in [6.45, 7) is 4.86. The largest absolute Gasteiger partial charge is 0.506 e. The number of phenolic OH excluding ortho intramolecular Hbond substituents is 1. The standard InChI is InChI=1S/C27H24O9/c1-4-5-19-27(3,36-19)20-11-17(30)22-14(10-21(31)32)8-13-9-15-18(34-12(2)28)7-6-16(29)24(15)25(33)23(13)26(22)35-20/h4-5,8-9,11,18-19,33H,6-7,10H2,1-3H3,(H,31,32)/b5-4+/t18-,19+,27+/m0/s1. The smallest absolute Gasteiger partial charge is 0.307 e. The van der Waals surface area contributed by atoms with Crippen LogP contribution in [0.2, 0.25) is 0 Å². The first-order valence-corrected chi connectivity index (χ1v) is 11.6. The van der Waals surface area contributed by atoms with Gasteiger partial charge in [-0.05, 0) is 43.4 Å². The summed E-state index contributed by atoms with van der Waals surface area (Å²) in [5.41, 5.74) is -0.888. The molecule has 9 heteroatoms. The summed E-state index contributed by atoms with van der Waals surface area (Å²) in [6, 6.07) is 4.36. The molecule has 186 valence electrons. The number of phenols is 1. The van der Waals surface area contributed by atoms with Crippen molar-refractivity contribution in [3.63, 3.8) is 0 Å². The Morgan fingerprint density at radius 1 is 1.22 bits per heavy atom. The molecule has 2 aromatic carbocycles. The maximum atomic E-state index is 13.3. The number of carboxylic acids is 1. The summed E-state index contributed by atoms with van der Waals surface area (Å²) in [7, 11) is 0. The quantitative estimate of drug-likeness (QED) is 0.233. The van der Waals surface area contributed by atoms with E-state index in [0.29, 0.717) is 10.9 Å². The van der Waals surface area contributed by atoms with Crippen LogP contribution >= 0.6 is 0 Å². The second-order valence-corrected chi connectivity index (χ2v) is 9.30. The van der Waals surface area contributed by atoms with Crippen LogP contribution in [0.4, 0.5) is 0 Å². The molecule has 0 radical (unpaired) electrons. The van der Waals surface area contributed by atoms with Gasteiger partial charge in [-0.3, -0.25) is 19.2 Å². The first-order chi connectivity index (χ1) is 17.0. The average molecular weight is 492 g/mol. The Labute approximate surface area is 204 Å². The lowest BCUT2D eigenvalue weighted by Crippen LogP contribution is -2.20. The van der Waals surface area contributed by atoms with Gasteiger partial charge in [-0.1, -0.05) is 12.2 Å². The molecule has 9 nitrogen and oxygen atoms in total. The van der Waals surface area contributed by atoms with Crippen LogP contribution in [-0.4, -0.2) is 34.0 Å². The molecule has 3 atom stereocenters. The molecule has 2 aliphatic rings. The number of aromatic hydroxyl groups is 1. The van der Waals surface area contributed by atoms with Crippen LogP contribution in [-0.2, 0) is 31.1 Å². The van der Waals surface area contributed by atoms with Gasteiger partial charge in [0, 0.05) is 25.0 Å². The van der Waals surface area contributed by atoms with Crippen molar-refractivity contribution in [2.24, 2.45) is 0 Å². The van der Waals surface area contributed by atoms with Gasteiger partial charge in [-0.2, -0.15) is 0 Å². The number of carbonyl (C=O) groups excluding carboxylic acids is 2. The number of allylic oxidation sites excluding steroid dienone is 1. The highest BCUT2D eigenvalue weighted by molar-refractivity contribution is 6.15. The van der Waals surface area contributed by atoms with Gasteiger partial charge in [0.1, 0.15) is 29.3 Å². The fraction of sp³-hybridized carbons (Fsp3) is 0.333. The Morgan fingerprint density at radius 2 is 1.97 bits per heavy atom. The Hall–Kier alpha value is -3.98. The van der Waals surface area contributed by atoms with E-state index in [2.05, 4.69) is 0 Å². The maximum Gasteiger partial charge on any atom is 0.307 e. The van der Waals surface area contributed by atoms with Crippen molar-refractivity contribution >= 4 is 39.5 Å². The third-order valence-electron chi connectivity index (χ3n) is 6.81. The Kier molecular flexibility index (Phi) is 5.48. The second kappa shape index (κ2) is 8.30. The predicted molar refractivity (Wildman–Crippen MR) is 128 cm³/mol. The third-order valence-corrected chi connectivity index (χ3v) is 6.81. The van der Waals surface area contributed by atoms with Gasteiger partial charge >= 0.3 is 11.9 Å². The first kappa shape index (κ1) is 23.7. The maximum absolute atomic E-state index is 13.3. The summed E-state index contributed by atoms with van der Waals surface area (Å²) in [5.74, 6) is -2.20. The average Bonchev–Trinajstić information content (AvgIpc) is 3.45. The molecule has 1 aromatic heterocycles. The number of benzene rings is 2. The summed E-state index contributed by atoms with van der Waals surface area (Å²) in [4.78, 5) is 49.4. The molecule has 1 fully saturated rings. The SMILES string of the molecule is C/C=C/[C@H]1O[C@@]1(C)c1cc(=O)c2c(CC(=O)O)cc3cc4c(c(O)c3c2o1)C(=O)CC[C@@H]4OC(C)=O. The normalized spacial score (nSPS) is 23.2. The number of epoxide rings is 1. The lowest BCUT2D eigenvalue weighted by Gasteiger charge is -2.26. The van der Waals surface area contributed by atoms with E-state index in [-0.39, 0.29) is 58.0 Å². The molecule has 1 aliphatic carbocycles. The van der Waals surface area contributed by atoms with Crippen molar-refractivity contribution in [3.8, 4) is 5.75 Å². The van der Waals surface area contributed by atoms with Gasteiger partial charge in [0.25, 0.3) is 0 Å². The van der Waals surface area contributed by atoms with Gasteiger partial charge in [-0.25, -0.2) is 0 Å². The molecule has 0 amide bonds. The van der Waals surface area contributed by atoms with E-state index in [9.17, 15) is 29.4 Å². The van der Waals surface area contributed by atoms with E-state index < -0.39 is 41.2 Å². The van der Waals surface area contributed by atoms with E-state index in [1.165, 1.54) is 19.1 Å². The van der Waals surface area contributed by atoms with Gasteiger partial charge in [0.05, 0.1) is 22.8 Å². The molecule has 36 heavy (non-hydrogen) atoms. The highest BCUT2D eigenvalue weighted by atomic mass is 16.6. The number of carbonyl (C=O) groups is 3. The first-order valence-electron chi connectivity index (χ1n) is 11.6. The van der Waals surface area contributed by atoms with E-state index in [0.717, 1.165) is 0 Å². The lowest BCUT2D eigenvalue weighted by molar-refractivity contribution is -0.147. The van der Waals surface area contributed by atoms with Crippen molar-refractivity contribution in [1.29, 1.82) is 0 Å². The van der Waals surface area contributed by atoms with Gasteiger partial charge in [0.2, 0.25) is 0 Å². The molecule has 0 unspecified atom stereocenters. The monoisotopic (exact) mass is 492 g/mol. The molecule has 2 N–H and O–H groups in total. The van der Waals surface area contributed by atoms with Crippen molar-refractivity contribution in [1.82, 2.24) is 0 Å². The van der Waals surface area contributed by atoms with E-state index in [1.807, 2.05) is 19.1 Å². The molecule has 2 heterocycles. The number of hydrogen-bond donors (Lipinski definition) is 2. The third kappa shape index (κ3) is 3.67. The highest BCUT2D eigenvalue weighted by Gasteiger charge is 2.54. The van der Waals surface area contributed by atoms with Crippen LogP contribution in [0, 0.1) is 0 Å². The number of esters is 1. The highest BCUT2D eigenvalue weighted by Crippen LogP contribution is 2.49. The Morgan fingerprint density at radius 3 is 2.64 bits per heavy atom. The van der Waals surface area contributed by atoms with Crippen LogP contribution < -0.4 is 5.43 Å². The summed E-state index contributed by atoms with van der Waals surface area (Å²) >= 11 is 0. The number of ketones is 1. The zero-order valence-corrected chi connectivity index (χ0v) is 19.9. The zero-order chi connectivity index (χ0) is 25.9.